The quantitative estimate of drug-likeness (QED) is 0.930. The normalized spacial score (nSPS) is 11.1. The lowest BCUT2D eigenvalue weighted by Gasteiger charge is -2.07. The van der Waals surface area contributed by atoms with E-state index in [1.54, 1.807) is 43.5 Å². The highest BCUT2D eigenvalue weighted by molar-refractivity contribution is 7.89. The first kappa shape index (κ1) is 13.4. The minimum Gasteiger partial charge on any atom is -0.497 e. The zero-order valence-corrected chi connectivity index (χ0v) is 11.1. The number of primary sulfonamides is 1. The number of methoxy groups -OCH3 is 1. The van der Waals surface area contributed by atoms with E-state index in [0.29, 0.717) is 17.2 Å². The van der Waals surface area contributed by atoms with Gasteiger partial charge >= 0.3 is 0 Å². The van der Waals surface area contributed by atoms with E-state index < -0.39 is 10.0 Å². The predicted molar refractivity (Wildman–Crippen MR) is 70.9 cm³/mol. The molecule has 19 heavy (non-hydrogen) atoms. The van der Waals surface area contributed by atoms with Crippen LogP contribution in [0.4, 0.5) is 0 Å². The van der Waals surface area contributed by atoms with Crippen LogP contribution < -0.4 is 14.6 Å². The Morgan fingerprint density at radius 2 is 1.58 bits per heavy atom. The number of hydrogen-bond acceptors (Lipinski definition) is 4. The standard InChI is InChI=1S/C13H13NO4S/c1-17-10-5-7-11(8-6-10)18-12-3-2-4-13(9-12)19(14,15)16/h2-9H,1H3,(H2,14,15,16). The average molecular weight is 279 g/mol. The SMILES string of the molecule is COc1ccc(Oc2cccc(S(N)(=O)=O)c2)cc1. The topological polar surface area (TPSA) is 78.6 Å². The fourth-order valence-electron chi connectivity index (χ4n) is 1.49. The van der Waals surface area contributed by atoms with Crippen LogP contribution in [0.3, 0.4) is 0 Å². The van der Waals surface area contributed by atoms with Crippen LogP contribution in [0.25, 0.3) is 0 Å². The highest BCUT2D eigenvalue weighted by atomic mass is 32.2. The summed E-state index contributed by atoms with van der Waals surface area (Å²) in [6, 6.07) is 13.0. The molecule has 5 nitrogen and oxygen atoms in total. The van der Waals surface area contributed by atoms with Gasteiger partial charge in [-0.3, -0.25) is 0 Å². The van der Waals surface area contributed by atoms with E-state index in [-0.39, 0.29) is 4.90 Å². The number of rotatable bonds is 4. The molecule has 0 bridgehead atoms. The number of benzene rings is 2. The molecule has 2 aromatic carbocycles. The molecule has 0 aliphatic carbocycles. The first-order valence-electron chi connectivity index (χ1n) is 5.44. The van der Waals surface area contributed by atoms with E-state index in [1.807, 2.05) is 0 Å². The summed E-state index contributed by atoms with van der Waals surface area (Å²) in [6.45, 7) is 0. The van der Waals surface area contributed by atoms with Crippen LogP contribution in [-0.4, -0.2) is 15.5 Å². The van der Waals surface area contributed by atoms with Crippen LogP contribution in [0, 0.1) is 0 Å². The first-order valence-corrected chi connectivity index (χ1v) is 6.98. The summed E-state index contributed by atoms with van der Waals surface area (Å²) in [7, 11) is -2.15. The molecule has 0 saturated carbocycles. The van der Waals surface area contributed by atoms with E-state index >= 15 is 0 Å². The summed E-state index contributed by atoms with van der Waals surface area (Å²) >= 11 is 0. The van der Waals surface area contributed by atoms with Crippen molar-refractivity contribution in [2.24, 2.45) is 5.14 Å². The third kappa shape index (κ3) is 3.46. The van der Waals surface area contributed by atoms with Gasteiger partial charge in [0.15, 0.2) is 0 Å². The van der Waals surface area contributed by atoms with Crippen molar-refractivity contribution in [1.29, 1.82) is 0 Å². The molecule has 2 N–H and O–H groups in total. The molecule has 2 rings (SSSR count). The highest BCUT2D eigenvalue weighted by Gasteiger charge is 2.08. The van der Waals surface area contributed by atoms with Crippen molar-refractivity contribution in [2.45, 2.75) is 4.90 Å². The molecule has 0 aliphatic heterocycles. The molecular weight excluding hydrogens is 266 g/mol. The smallest absolute Gasteiger partial charge is 0.238 e. The molecule has 0 spiro atoms. The Kier molecular flexibility index (Phi) is 3.73. The average Bonchev–Trinajstić information content (AvgIpc) is 2.39. The van der Waals surface area contributed by atoms with Gasteiger partial charge in [-0.2, -0.15) is 0 Å². The lowest BCUT2D eigenvalue weighted by Crippen LogP contribution is -2.11. The molecular formula is C13H13NO4S. The van der Waals surface area contributed by atoms with Crippen molar-refractivity contribution >= 4 is 10.0 Å². The third-order valence-electron chi connectivity index (χ3n) is 2.43. The van der Waals surface area contributed by atoms with Gasteiger partial charge in [-0.25, -0.2) is 13.6 Å². The lowest BCUT2D eigenvalue weighted by atomic mass is 10.3. The van der Waals surface area contributed by atoms with Crippen LogP contribution in [0.1, 0.15) is 0 Å². The molecule has 0 heterocycles. The Morgan fingerprint density at radius 3 is 2.16 bits per heavy atom. The molecule has 0 aliphatic rings. The summed E-state index contributed by atoms with van der Waals surface area (Å²) < 4.78 is 33.0. The zero-order chi connectivity index (χ0) is 13.9. The Morgan fingerprint density at radius 1 is 0.947 bits per heavy atom. The molecule has 6 heteroatoms. The van der Waals surface area contributed by atoms with Crippen molar-refractivity contribution in [3.63, 3.8) is 0 Å². The maximum Gasteiger partial charge on any atom is 0.238 e. The second-order valence-electron chi connectivity index (χ2n) is 3.80. The zero-order valence-electron chi connectivity index (χ0n) is 10.2. The molecule has 0 saturated heterocycles. The Bertz CT molecular complexity index is 665. The summed E-state index contributed by atoms with van der Waals surface area (Å²) in [6.07, 6.45) is 0. The van der Waals surface area contributed by atoms with Crippen LogP contribution >= 0.6 is 0 Å². The van der Waals surface area contributed by atoms with Crippen LogP contribution in [0.2, 0.25) is 0 Å². The summed E-state index contributed by atoms with van der Waals surface area (Å²) in [4.78, 5) is 0.0125. The van der Waals surface area contributed by atoms with Crippen LogP contribution in [0.15, 0.2) is 53.4 Å². The number of nitrogens with two attached hydrogens (primary N) is 1. The van der Waals surface area contributed by atoms with E-state index in [0.717, 1.165) is 0 Å². The van der Waals surface area contributed by atoms with Gasteiger partial charge in [-0.15, -0.1) is 0 Å². The van der Waals surface area contributed by atoms with Gasteiger partial charge in [0.2, 0.25) is 10.0 Å². The Hall–Kier alpha value is -2.05. The van der Waals surface area contributed by atoms with E-state index in [4.69, 9.17) is 14.6 Å². The van der Waals surface area contributed by atoms with Gasteiger partial charge in [-0.05, 0) is 36.4 Å². The Labute approximate surface area is 111 Å². The molecule has 0 aromatic heterocycles. The van der Waals surface area contributed by atoms with Gasteiger partial charge in [0.1, 0.15) is 17.2 Å². The van der Waals surface area contributed by atoms with Crippen molar-refractivity contribution in [3.05, 3.63) is 48.5 Å². The second-order valence-corrected chi connectivity index (χ2v) is 5.36. The van der Waals surface area contributed by atoms with E-state index in [1.165, 1.54) is 12.1 Å². The van der Waals surface area contributed by atoms with Crippen molar-refractivity contribution in [2.75, 3.05) is 7.11 Å². The van der Waals surface area contributed by atoms with Gasteiger partial charge < -0.3 is 9.47 Å². The third-order valence-corrected chi connectivity index (χ3v) is 3.34. The molecule has 0 amide bonds. The molecule has 0 fully saturated rings. The highest BCUT2D eigenvalue weighted by Crippen LogP contribution is 2.25. The maximum absolute atomic E-state index is 11.2. The fourth-order valence-corrected chi connectivity index (χ4v) is 2.04. The summed E-state index contributed by atoms with van der Waals surface area (Å²) in [5.74, 6) is 1.69. The summed E-state index contributed by atoms with van der Waals surface area (Å²) in [5, 5.41) is 5.06. The number of sulfonamides is 1. The van der Waals surface area contributed by atoms with Crippen molar-refractivity contribution < 1.29 is 17.9 Å². The minimum atomic E-state index is -3.73. The maximum atomic E-state index is 11.2. The molecule has 0 unspecified atom stereocenters. The molecule has 0 atom stereocenters. The second kappa shape index (κ2) is 5.29. The lowest BCUT2D eigenvalue weighted by molar-refractivity contribution is 0.413. The molecule has 0 radical (unpaired) electrons. The Balaban J connectivity index is 2.23. The van der Waals surface area contributed by atoms with Crippen molar-refractivity contribution in [3.8, 4) is 17.2 Å². The van der Waals surface area contributed by atoms with Crippen molar-refractivity contribution in [1.82, 2.24) is 0 Å². The summed E-state index contributed by atoms with van der Waals surface area (Å²) in [5.41, 5.74) is 0. The van der Waals surface area contributed by atoms with Gasteiger partial charge in [0.25, 0.3) is 0 Å². The first-order chi connectivity index (χ1) is 8.99. The van der Waals surface area contributed by atoms with E-state index in [9.17, 15) is 8.42 Å². The largest absolute Gasteiger partial charge is 0.497 e. The van der Waals surface area contributed by atoms with Gasteiger partial charge in [0.05, 0.1) is 12.0 Å². The van der Waals surface area contributed by atoms with E-state index in [2.05, 4.69) is 0 Å². The molecule has 2 aromatic rings. The van der Waals surface area contributed by atoms with Crippen LogP contribution in [-0.2, 0) is 10.0 Å². The predicted octanol–water partition coefficient (Wildman–Crippen LogP) is 2.13. The van der Waals surface area contributed by atoms with Crippen LogP contribution in [0.5, 0.6) is 17.2 Å². The monoisotopic (exact) mass is 279 g/mol. The van der Waals surface area contributed by atoms with Gasteiger partial charge in [-0.1, -0.05) is 6.07 Å². The molecule has 100 valence electrons. The number of hydrogen-bond donors (Lipinski definition) is 1. The minimum absolute atomic E-state index is 0.0125. The fraction of sp³-hybridized carbons (Fsp3) is 0.0769. The van der Waals surface area contributed by atoms with Gasteiger partial charge in [0, 0.05) is 6.07 Å². The number of ether oxygens (including phenoxy) is 2.